The number of nitrogens with two attached hydrogens (primary N) is 1. The Bertz CT molecular complexity index is 317. The third-order valence-corrected chi connectivity index (χ3v) is 1.97. The number of rotatable bonds is 4. The first kappa shape index (κ1) is 11.7. The minimum absolute atomic E-state index is 0.271. The fourth-order valence-electron chi connectivity index (χ4n) is 1.10. The molecule has 0 atom stereocenters. The maximum Gasteiger partial charge on any atom is 0.338 e. The normalized spacial score (nSPS) is 10.4. The van der Waals surface area contributed by atoms with Gasteiger partial charge in [0.2, 0.25) is 0 Å². The summed E-state index contributed by atoms with van der Waals surface area (Å²) in [4.78, 5) is 11.5. The van der Waals surface area contributed by atoms with Crippen molar-refractivity contribution < 1.29 is 9.53 Å². The van der Waals surface area contributed by atoms with Gasteiger partial charge >= 0.3 is 5.97 Å². The second kappa shape index (κ2) is 5.51. The molecule has 0 saturated heterocycles. The lowest BCUT2D eigenvalue weighted by Gasteiger charge is -2.07. The Balaban J connectivity index is 2.58. The Morgan fingerprint density at radius 1 is 1.33 bits per heavy atom. The maximum absolute atomic E-state index is 11.5. The van der Waals surface area contributed by atoms with Crippen molar-refractivity contribution in [3.05, 3.63) is 35.4 Å². The summed E-state index contributed by atoms with van der Waals surface area (Å²) < 4.78 is 5.09. The van der Waals surface area contributed by atoms with Crippen molar-refractivity contribution in [2.24, 2.45) is 11.7 Å². The van der Waals surface area contributed by atoms with Crippen LogP contribution in [0, 0.1) is 5.92 Å². The minimum atomic E-state index is -0.271. The van der Waals surface area contributed by atoms with Gasteiger partial charge in [0.05, 0.1) is 12.2 Å². The number of carbonyl (C=O) groups excluding carboxylic acids is 1. The molecule has 82 valence electrons. The van der Waals surface area contributed by atoms with E-state index in [1.807, 2.05) is 26.0 Å². The van der Waals surface area contributed by atoms with Gasteiger partial charge in [-0.3, -0.25) is 0 Å². The highest BCUT2D eigenvalue weighted by atomic mass is 16.5. The molecule has 0 aliphatic heterocycles. The summed E-state index contributed by atoms with van der Waals surface area (Å²) in [5.41, 5.74) is 7.04. The molecule has 0 aliphatic carbocycles. The van der Waals surface area contributed by atoms with Gasteiger partial charge in [0.15, 0.2) is 0 Å². The summed E-state index contributed by atoms with van der Waals surface area (Å²) in [7, 11) is 0. The molecule has 1 aromatic carbocycles. The average molecular weight is 207 g/mol. The zero-order valence-electron chi connectivity index (χ0n) is 9.19. The summed E-state index contributed by atoms with van der Waals surface area (Å²) in [6.07, 6.45) is 0. The SMILES string of the molecule is CC(C)COC(=O)c1ccc(CN)cc1. The molecule has 0 bridgehead atoms. The van der Waals surface area contributed by atoms with E-state index in [4.69, 9.17) is 10.5 Å². The highest BCUT2D eigenvalue weighted by molar-refractivity contribution is 5.89. The molecule has 0 fully saturated rings. The van der Waals surface area contributed by atoms with Gasteiger partial charge in [-0.1, -0.05) is 26.0 Å². The third-order valence-electron chi connectivity index (χ3n) is 1.97. The van der Waals surface area contributed by atoms with Crippen LogP contribution in [0.4, 0.5) is 0 Å². The molecule has 0 radical (unpaired) electrons. The van der Waals surface area contributed by atoms with Gasteiger partial charge in [0.1, 0.15) is 0 Å². The molecule has 0 spiro atoms. The second-order valence-electron chi connectivity index (χ2n) is 3.89. The van der Waals surface area contributed by atoms with Crippen LogP contribution in [0.15, 0.2) is 24.3 Å². The van der Waals surface area contributed by atoms with Gasteiger partial charge in [-0.2, -0.15) is 0 Å². The molecule has 0 aromatic heterocycles. The van der Waals surface area contributed by atoms with E-state index in [-0.39, 0.29) is 5.97 Å². The highest BCUT2D eigenvalue weighted by Crippen LogP contribution is 2.06. The third kappa shape index (κ3) is 3.72. The summed E-state index contributed by atoms with van der Waals surface area (Å²) in [6, 6.07) is 7.16. The summed E-state index contributed by atoms with van der Waals surface area (Å²) in [5.74, 6) is 0.0875. The molecule has 0 unspecified atom stereocenters. The first-order chi connectivity index (χ1) is 7.13. The van der Waals surface area contributed by atoms with Crippen molar-refractivity contribution in [2.75, 3.05) is 6.61 Å². The predicted octanol–water partition coefficient (Wildman–Crippen LogP) is 1.96. The Morgan fingerprint density at radius 2 is 1.93 bits per heavy atom. The van der Waals surface area contributed by atoms with Gasteiger partial charge < -0.3 is 10.5 Å². The molecule has 3 heteroatoms. The Hall–Kier alpha value is -1.35. The molecule has 0 aliphatic rings. The van der Waals surface area contributed by atoms with Crippen LogP contribution in [0.1, 0.15) is 29.8 Å². The summed E-state index contributed by atoms with van der Waals surface area (Å²) in [6.45, 7) is 4.95. The lowest BCUT2D eigenvalue weighted by molar-refractivity contribution is 0.0459. The fourth-order valence-corrected chi connectivity index (χ4v) is 1.10. The quantitative estimate of drug-likeness (QED) is 0.768. The van der Waals surface area contributed by atoms with Crippen molar-refractivity contribution >= 4 is 5.97 Å². The lowest BCUT2D eigenvalue weighted by atomic mass is 10.1. The Kier molecular flexibility index (Phi) is 4.31. The van der Waals surface area contributed by atoms with Crippen LogP contribution in [0.3, 0.4) is 0 Å². The molecule has 3 nitrogen and oxygen atoms in total. The van der Waals surface area contributed by atoms with Gasteiger partial charge in [-0.15, -0.1) is 0 Å². The predicted molar refractivity (Wildman–Crippen MR) is 59.5 cm³/mol. The fraction of sp³-hybridized carbons (Fsp3) is 0.417. The van der Waals surface area contributed by atoms with Crippen molar-refractivity contribution in [3.8, 4) is 0 Å². The Morgan fingerprint density at radius 3 is 2.40 bits per heavy atom. The van der Waals surface area contributed by atoms with Crippen LogP contribution in [-0.2, 0) is 11.3 Å². The van der Waals surface area contributed by atoms with E-state index in [1.54, 1.807) is 12.1 Å². The van der Waals surface area contributed by atoms with E-state index in [1.165, 1.54) is 0 Å². The zero-order valence-corrected chi connectivity index (χ0v) is 9.19. The van der Waals surface area contributed by atoms with Gasteiger partial charge in [-0.05, 0) is 23.6 Å². The van der Waals surface area contributed by atoms with E-state index in [2.05, 4.69) is 0 Å². The monoisotopic (exact) mass is 207 g/mol. The van der Waals surface area contributed by atoms with Crippen molar-refractivity contribution in [1.82, 2.24) is 0 Å². The molecule has 1 rings (SSSR count). The van der Waals surface area contributed by atoms with Crippen LogP contribution in [0.2, 0.25) is 0 Å². The lowest BCUT2D eigenvalue weighted by Crippen LogP contribution is -2.10. The van der Waals surface area contributed by atoms with E-state index >= 15 is 0 Å². The molecule has 0 amide bonds. The molecule has 0 heterocycles. The average Bonchev–Trinajstić information content (AvgIpc) is 2.26. The van der Waals surface area contributed by atoms with Gasteiger partial charge in [0, 0.05) is 6.54 Å². The molecule has 0 saturated carbocycles. The molecule has 2 N–H and O–H groups in total. The molecular weight excluding hydrogens is 190 g/mol. The number of benzene rings is 1. The van der Waals surface area contributed by atoms with E-state index < -0.39 is 0 Å². The van der Waals surface area contributed by atoms with Crippen molar-refractivity contribution in [2.45, 2.75) is 20.4 Å². The molecule has 15 heavy (non-hydrogen) atoms. The van der Waals surface area contributed by atoms with Crippen molar-refractivity contribution in [3.63, 3.8) is 0 Å². The van der Waals surface area contributed by atoms with Crippen LogP contribution >= 0.6 is 0 Å². The molecular formula is C12H17NO2. The first-order valence-corrected chi connectivity index (χ1v) is 5.09. The topological polar surface area (TPSA) is 52.3 Å². The zero-order chi connectivity index (χ0) is 11.3. The first-order valence-electron chi connectivity index (χ1n) is 5.09. The minimum Gasteiger partial charge on any atom is -0.462 e. The van der Waals surface area contributed by atoms with Gasteiger partial charge in [0.25, 0.3) is 0 Å². The van der Waals surface area contributed by atoms with E-state index in [9.17, 15) is 4.79 Å². The number of ether oxygens (including phenoxy) is 1. The maximum atomic E-state index is 11.5. The van der Waals surface area contributed by atoms with E-state index in [0.29, 0.717) is 24.6 Å². The van der Waals surface area contributed by atoms with Gasteiger partial charge in [-0.25, -0.2) is 4.79 Å². The number of hydrogen-bond acceptors (Lipinski definition) is 3. The standard InChI is InChI=1S/C12H17NO2/c1-9(2)8-15-12(14)11-5-3-10(7-13)4-6-11/h3-6,9H,7-8,13H2,1-2H3. The number of hydrogen-bond donors (Lipinski definition) is 1. The number of esters is 1. The van der Waals surface area contributed by atoms with Crippen molar-refractivity contribution in [1.29, 1.82) is 0 Å². The smallest absolute Gasteiger partial charge is 0.338 e. The summed E-state index contributed by atoms with van der Waals surface area (Å²) >= 11 is 0. The van der Waals surface area contributed by atoms with E-state index in [0.717, 1.165) is 5.56 Å². The van der Waals surface area contributed by atoms with Crippen LogP contribution < -0.4 is 5.73 Å². The number of carbonyl (C=O) groups is 1. The molecule has 1 aromatic rings. The van der Waals surface area contributed by atoms with Crippen LogP contribution in [-0.4, -0.2) is 12.6 Å². The highest BCUT2D eigenvalue weighted by Gasteiger charge is 2.07. The van der Waals surface area contributed by atoms with Crippen LogP contribution in [0.25, 0.3) is 0 Å². The second-order valence-corrected chi connectivity index (χ2v) is 3.89. The summed E-state index contributed by atoms with van der Waals surface area (Å²) in [5, 5.41) is 0. The largest absolute Gasteiger partial charge is 0.462 e. The van der Waals surface area contributed by atoms with Crippen LogP contribution in [0.5, 0.6) is 0 Å². The Labute approximate surface area is 90.2 Å².